The largest absolute Gasteiger partial charge is 0.405 e. The van der Waals surface area contributed by atoms with E-state index in [1.807, 2.05) is 5.32 Å². The molecule has 1 aliphatic rings. The Balaban J connectivity index is 2.32. The lowest BCUT2D eigenvalue weighted by Crippen LogP contribution is -2.58. The Morgan fingerprint density at radius 1 is 1.27 bits per heavy atom. The molecule has 3 amide bonds. The molecule has 1 aromatic heterocycles. The van der Waals surface area contributed by atoms with Crippen LogP contribution in [0.1, 0.15) is 26.3 Å². The van der Waals surface area contributed by atoms with Crippen molar-refractivity contribution < 1.29 is 27.6 Å². The number of likely N-dealkylation sites (N-methyl/N-ethyl adjacent to an activating group) is 1. The number of halogens is 3. The SMILES string of the molecule is CN[C@@H](C)C(=O)NC(C(=O)N1c2ncccc2CC1C(=O)NCC(F)(F)F)C(C)C. The maximum atomic E-state index is 13.4. The number of anilines is 1. The summed E-state index contributed by atoms with van der Waals surface area (Å²) in [7, 11) is 1.60. The molecular weight excluding hydrogens is 403 g/mol. The number of rotatable bonds is 7. The van der Waals surface area contributed by atoms with Gasteiger partial charge in [0.05, 0.1) is 6.04 Å². The quantitative estimate of drug-likeness (QED) is 0.594. The second-order valence-corrected chi connectivity index (χ2v) is 7.49. The highest BCUT2D eigenvalue weighted by Crippen LogP contribution is 2.31. The fourth-order valence-electron chi connectivity index (χ4n) is 3.10. The Kier molecular flexibility index (Phi) is 7.40. The summed E-state index contributed by atoms with van der Waals surface area (Å²) in [6, 6.07) is 0.539. The highest BCUT2D eigenvalue weighted by atomic mass is 19.4. The van der Waals surface area contributed by atoms with Gasteiger partial charge in [0, 0.05) is 12.6 Å². The number of pyridine rings is 1. The molecule has 30 heavy (non-hydrogen) atoms. The Hall–Kier alpha value is -2.69. The first-order valence-electron chi connectivity index (χ1n) is 9.55. The van der Waals surface area contributed by atoms with E-state index in [0.717, 1.165) is 4.90 Å². The molecule has 2 heterocycles. The fourth-order valence-corrected chi connectivity index (χ4v) is 3.10. The minimum atomic E-state index is -4.58. The summed E-state index contributed by atoms with van der Waals surface area (Å²) in [4.78, 5) is 43.4. The highest BCUT2D eigenvalue weighted by molar-refractivity contribution is 6.06. The number of nitrogens with zero attached hydrogens (tertiary/aromatic N) is 2. The summed E-state index contributed by atoms with van der Waals surface area (Å²) < 4.78 is 37.6. The van der Waals surface area contributed by atoms with Crippen LogP contribution in [0, 0.1) is 5.92 Å². The van der Waals surface area contributed by atoms with Crippen molar-refractivity contribution in [3.63, 3.8) is 0 Å². The van der Waals surface area contributed by atoms with E-state index in [0.29, 0.717) is 5.56 Å². The fraction of sp³-hybridized carbons (Fsp3) is 0.579. The Labute approximate surface area is 172 Å². The molecule has 2 rings (SSSR count). The van der Waals surface area contributed by atoms with Crippen molar-refractivity contribution >= 4 is 23.5 Å². The number of hydrogen-bond acceptors (Lipinski definition) is 5. The molecule has 0 radical (unpaired) electrons. The molecule has 1 aliphatic heterocycles. The zero-order valence-corrected chi connectivity index (χ0v) is 17.2. The minimum absolute atomic E-state index is 0.0320. The van der Waals surface area contributed by atoms with Gasteiger partial charge in [0.15, 0.2) is 0 Å². The van der Waals surface area contributed by atoms with E-state index in [2.05, 4.69) is 15.6 Å². The van der Waals surface area contributed by atoms with Crippen LogP contribution in [0.15, 0.2) is 18.3 Å². The lowest BCUT2D eigenvalue weighted by Gasteiger charge is -2.31. The van der Waals surface area contributed by atoms with E-state index >= 15 is 0 Å². The first-order chi connectivity index (χ1) is 14.0. The van der Waals surface area contributed by atoms with Crippen molar-refractivity contribution in [2.75, 3.05) is 18.5 Å². The number of nitrogens with one attached hydrogen (secondary N) is 3. The van der Waals surface area contributed by atoms with Gasteiger partial charge in [-0.25, -0.2) is 4.98 Å². The molecule has 0 spiro atoms. The van der Waals surface area contributed by atoms with E-state index in [1.54, 1.807) is 40.0 Å². The van der Waals surface area contributed by atoms with Gasteiger partial charge in [-0.1, -0.05) is 19.9 Å². The van der Waals surface area contributed by atoms with Gasteiger partial charge in [0.1, 0.15) is 24.4 Å². The second kappa shape index (κ2) is 9.41. The third kappa shape index (κ3) is 5.47. The predicted molar refractivity (Wildman–Crippen MR) is 104 cm³/mol. The van der Waals surface area contributed by atoms with Crippen LogP contribution < -0.4 is 20.9 Å². The van der Waals surface area contributed by atoms with Crippen molar-refractivity contribution in [3.8, 4) is 0 Å². The smallest absolute Gasteiger partial charge is 0.345 e. The first kappa shape index (κ1) is 23.6. The molecule has 8 nitrogen and oxygen atoms in total. The third-order valence-corrected chi connectivity index (χ3v) is 4.88. The normalized spacial score (nSPS) is 18.0. The van der Waals surface area contributed by atoms with Crippen molar-refractivity contribution in [2.24, 2.45) is 5.92 Å². The first-order valence-corrected chi connectivity index (χ1v) is 9.55. The molecule has 0 aliphatic carbocycles. The van der Waals surface area contributed by atoms with Crippen LogP contribution in [-0.2, 0) is 20.8 Å². The number of alkyl halides is 3. The molecule has 3 N–H and O–H groups in total. The molecule has 0 saturated carbocycles. The van der Waals surface area contributed by atoms with Gasteiger partial charge < -0.3 is 16.0 Å². The van der Waals surface area contributed by atoms with Gasteiger partial charge in [-0.05, 0) is 31.5 Å². The van der Waals surface area contributed by atoms with Crippen LogP contribution in [0.5, 0.6) is 0 Å². The molecule has 11 heteroatoms. The van der Waals surface area contributed by atoms with Crippen LogP contribution in [-0.4, -0.2) is 60.6 Å². The van der Waals surface area contributed by atoms with Crippen LogP contribution >= 0.6 is 0 Å². The van der Waals surface area contributed by atoms with E-state index in [-0.39, 0.29) is 18.2 Å². The molecule has 1 aromatic rings. The molecule has 3 atom stereocenters. The van der Waals surface area contributed by atoms with Crippen molar-refractivity contribution in [3.05, 3.63) is 23.9 Å². The molecule has 0 bridgehead atoms. The molecular formula is C19H26F3N5O3. The summed E-state index contributed by atoms with van der Waals surface area (Å²) in [6.45, 7) is 3.57. The highest BCUT2D eigenvalue weighted by Gasteiger charge is 2.43. The van der Waals surface area contributed by atoms with Gasteiger partial charge in [0.25, 0.3) is 5.91 Å². The van der Waals surface area contributed by atoms with Crippen molar-refractivity contribution in [1.82, 2.24) is 20.9 Å². The summed E-state index contributed by atoms with van der Waals surface area (Å²) in [5.74, 6) is -2.08. The van der Waals surface area contributed by atoms with Gasteiger partial charge in [0.2, 0.25) is 11.8 Å². The van der Waals surface area contributed by atoms with E-state index in [4.69, 9.17) is 0 Å². The average Bonchev–Trinajstić information content (AvgIpc) is 3.07. The average molecular weight is 429 g/mol. The Bertz CT molecular complexity index is 800. The Morgan fingerprint density at radius 3 is 2.50 bits per heavy atom. The lowest BCUT2D eigenvalue weighted by molar-refractivity contribution is -0.139. The molecule has 166 valence electrons. The van der Waals surface area contributed by atoms with Crippen molar-refractivity contribution in [1.29, 1.82) is 0 Å². The van der Waals surface area contributed by atoms with Gasteiger partial charge >= 0.3 is 6.18 Å². The molecule has 0 fully saturated rings. The van der Waals surface area contributed by atoms with Crippen molar-refractivity contribution in [2.45, 2.75) is 51.5 Å². The van der Waals surface area contributed by atoms with Gasteiger partial charge in [-0.2, -0.15) is 13.2 Å². The maximum Gasteiger partial charge on any atom is 0.405 e. The zero-order valence-electron chi connectivity index (χ0n) is 17.2. The number of carbonyl (C=O) groups is 3. The zero-order chi connectivity index (χ0) is 22.6. The summed E-state index contributed by atoms with van der Waals surface area (Å²) in [5.41, 5.74) is 0.565. The molecule has 2 unspecified atom stereocenters. The number of amides is 3. The van der Waals surface area contributed by atoms with Crippen LogP contribution in [0.2, 0.25) is 0 Å². The third-order valence-electron chi connectivity index (χ3n) is 4.88. The lowest BCUT2D eigenvalue weighted by atomic mass is 10.0. The van der Waals surface area contributed by atoms with Gasteiger partial charge in [-0.3, -0.25) is 19.3 Å². The number of fused-ring (bicyclic) bond motifs is 1. The molecule has 0 saturated heterocycles. The maximum absolute atomic E-state index is 13.4. The number of carbonyl (C=O) groups excluding carboxylic acids is 3. The summed E-state index contributed by atoms with van der Waals surface area (Å²) in [5, 5.41) is 7.27. The summed E-state index contributed by atoms with van der Waals surface area (Å²) >= 11 is 0. The minimum Gasteiger partial charge on any atom is -0.345 e. The van der Waals surface area contributed by atoms with E-state index in [9.17, 15) is 27.6 Å². The number of hydrogen-bond donors (Lipinski definition) is 3. The molecule has 0 aromatic carbocycles. The topological polar surface area (TPSA) is 103 Å². The van der Waals surface area contributed by atoms with Crippen LogP contribution in [0.4, 0.5) is 19.0 Å². The second-order valence-electron chi connectivity index (χ2n) is 7.49. The monoisotopic (exact) mass is 429 g/mol. The Morgan fingerprint density at radius 2 is 1.93 bits per heavy atom. The van der Waals surface area contributed by atoms with Crippen LogP contribution in [0.3, 0.4) is 0 Å². The number of aromatic nitrogens is 1. The summed E-state index contributed by atoms with van der Waals surface area (Å²) in [6.07, 6.45) is -3.11. The van der Waals surface area contributed by atoms with Crippen LogP contribution in [0.25, 0.3) is 0 Å². The predicted octanol–water partition coefficient (Wildman–Crippen LogP) is 0.767. The van der Waals surface area contributed by atoms with E-state index in [1.165, 1.54) is 6.20 Å². The van der Waals surface area contributed by atoms with Gasteiger partial charge in [-0.15, -0.1) is 0 Å². The van der Waals surface area contributed by atoms with E-state index < -0.39 is 48.6 Å². The standard InChI is InChI=1S/C19H26F3N5O3/c1-10(2)14(26-16(28)11(3)23-4)18(30)27-13(17(29)25-9-19(20,21)22)8-12-6-5-7-24-15(12)27/h5-7,10-11,13-14,23H,8-9H2,1-4H3,(H,25,29)(H,26,28)/t11-,13?,14?/m0/s1.